The molecule has 1 aliphatic heterocycles. The topological polar surface area (TPSA) is 35.6 Å². The molecule has 0 aliphatic carbocycles. The second-order valence-electron chi connectivity index (χ2n) is 6.01. The van der Waals surface area contributed by atoms with E-state index in [0.29, 0.717) is 12.6 Å². The molecule has 1 aromatic carbocycles. The van der Waals surface area contributed by atoms with Crippen LogP contribution in [0.15, 0.2) is 30.3 Å². The van der Waals surface area contributed by atoms with Gasteiger partial charge in [0.15, 0.2) is 0 Å². The maximum absolute atomic E-state index is 12.5. The molecule has 1 aliphatic rings. The first-order valence-electron chi connectivity index (χ1n) is 7.97. The SMILES string of the molecule is CN(C)CC1CSCCCN1C(=O)NCCc1ccccc1. The van der Waals surface area contributed by atoms with Gasteiger partial charge < -0.3 is 15.1 Å². The quantitative estimate of drug-likeness (QED) is 0.904. The summed E-state index contributed by atoms with van der Waals surface area (Å²) >= 11 is 1.96. The Balaban J connectivity index is 1.85. The zero-order valence-electron chi connectivity index (χ0n) is 13.6. The van der Waals surface area contributed by atoms with Crippen LogP contribution in [0.2, 0.25) is 0 Å². The van der Waals surface area contributed by atoms with Gasteiger partial charge in [0, 0.05) is 25.4 Å². The number of urea groups is 1. The van der Waals surface area contributed by atoms with Gasteiger partial charge in [0.05, 0.1) is 6.04 Å². The third-order valence-corrected chi connectivity index (χ3v) is 5.01. The number of likely N-dealkylation sites (N-methyl/N-ethyl adjacent to an activating group) is 1. The lowest BCUT2D eigenvalue weighted by Gasteiger charge is -2.31. The smallest absolute Gasteiger partial charge is 0.317 e. The van der Waals surface area contributed by atoms with Gasteiger partial charge in [-0.3, -0.25) is 0 Å². The Hall–Kier alpha value is -1.20. The van der Waals surface area contributed by atoms with E-state index < -0.39 is 0 Å². The molecule has 5 heteroatoms. The van der Waals surface area contributed by atoms with Crippen LogP contribution in [-0.2, 0) is 6.42 Å². The molecule has 1 heterocycles. The average Bonchev–Trinajstić information content (AvgIpc) is 2.73. The Kier molecular flexibility index (Phi) is 7.06. The summed E-state index contributed by atoms with van der Waals surface area (Å²) in [6, 6.07) is 10.7. The molecular formula is C17H27N3OS. The van der Waals surface area contributed by atoms with E-state index in [2.05, 4.69) is 36.4 Å². The van der Waals surface area contributed by atoms with Crippen molar-refractivity contribution in [2.45, 2.75) is 18.9 Å². The molecule has 0 aromatic heterocycles. The fourth-order valence-electron chi connectivity index (χ4n) is 2.73. The van der Waals surface area contributed by atoms with Crippen molar-refractivity contribution >= 4 is 17.8 Å². The van der Waals surface area contributed by atoms with Gasteiger partial charge in [-0.25, -0.2) is 4.79 Å². The number of hydrogen-bond acceptors (Lipinski definition) is 3. The fourth-order valence-corrected chi connectivity index (χ4v) is 3.79. The van der Waals surface area contributed by atoms with Gasteiger partial charge in [-0.1, -0.05) is 30.3 Å². The summed E-state index contributed by atoms with van der Waals surface area (Å²) in [5, 5.41) is 3.09. The second-order valence-corrected chi connectivity index (χ2v) is 7.16. The standard InChI is InChI=1S/C17H27N3OS/c1-19(2)13-16-14-22-12-6-11-20(16)17(21)18-10-9-15-7-4-3-5-8-15/h3-5,7-8,16H,6,9-14H2,1-2H3,(H,18,21). The van der Waals surface area contributed by atoms with Crippen molar-refractivity contribution < 1.29 is 4.79 Å². The molecule has 2 rings (SSSR count). The van der Waals surface area contributed by atoms with E-state index in [1.165, 1.54) is 5.56 Å². The first kappa shape index (κ1) is 17.2. The summed E-state index contributed by atoms with van der Waals surface area (Å²) in [6.07, 6.45) is 1.97. The highest BCUT2D eigenvalue weighted by Crippen LogP contribution is 2.17. The number of thioether (sulfide) groups is 1. The largest absolute Gasteiger partial charge is 0.338 e. The fraction of sp³-hybridized carbons (Fsp3) is 0.588. The van der Waals surface area contributed by atoms with Crippen LogP contribution in [0.3, 0.4) is 0 Å². The van der Waals surface area contributed by atoms with Crippen LogP contribution in [0.4, 0.5) is 4.79 Å². The van der Waals surface area contributed by atoms with Crippen LogP contribution in [0.1, 0.15) is 12.0 Å². The summed E-state index contributed by atoms with van der Waals surface area (Å²) < 4.78 is 0. The van der Waals surface area contributed by atoms with Crippen LogP contribution in [-0.4, -0.2) is 67.1 Å². The van der Waals surface area contributed by atoms with Crippen LogP contribution >= 0.6 is 11.8 Å². The minimum Gasteiger partial charge on any atom is -0.338 e. The first-order chi connectivity index (χ1) is 10.7. The van der Waals surface area contributed by atoms with Crippen molar-refractivity contribution in [1.82, 2.24) is 15.1 Å². The molecule has 1 saturated heterocycles. The van der Waals surface area contributed by atoms with Crippen LogP contribution in [0.5, 0.6) is 0 Å². The number of amides is 2. The Morgan fingerprint density at radius 1 is 1.36 bits per heavy atom. The summed E-state index contributed by atoms with van der Waals surface area (Å²) in [6.45, 7) is 2.49. The van der Waals surface area contributed by atoms with E-state index in [9.17, 15) is 4.79 Å². The lowest BCUT2D eigenvalue weighted by atomic mass is 10.1. The van der Waals surface area contributed by atoms with E-state index in [4.69, 9.17) is 0 Å². The summed E-state index contributed by atoms with van der Waals surface area (Å²) in [7, 11) is 4.14. The Labute approximate surface area is 138 Å². The predicted molar refractivity (Wildman–Crippen MR) is 94.5 cm³/mol. The van der Waals surface area contributed by atoms with Crippen molar-refractivity contribution in [2.24, 2.45) is 0 Å². The van der Waals surface area contributed by atoms with Gasteiger partial charge in [-0.2, -0.15) is 11.8 Å². The number of rotatable bonds is 5. The molecular weight excluding hydrogens is 294 g/mol. The maximum Gasteiger partial charge on any atom is 0.317 e. The van der Waals surface area contributed by atoms with E-state index in [1.54, 1.807) is 0 Å². The van der Waals surface area contributed by atoms with Crippen LogP contribution < -0.4 is 5.32 Å². The number of hydrogen-bond donors (Lipinski definition) is 1. The highest BCUT2D eigenvalue weighted by atomic mass is 32.2. The Morgan fingerprint density at radius 3 is 2.86 bits per heavy atom. The summed E-state index contributed by atoms with van der Waals surface area (Å²) in [4.78, 5) is 16.7. The van der Waals surface area contributed by atoms with Crippen molar-refractivity contribution in [2.75, 3.05) is 45.2 Å². The minimum absolute atomic E-state index is 0.0882. The number of carbonyl (C=O) groups excluding carboxylic acids is 1. The molecule has 22 heavy (non-hydrogen) atoms. The van der Waals surface area contributed by atoms with Crippen molar-refractivity contribution in [1.29, 1.82) is 0 Å². The molecule has 2 amide bonds. The molecule has 1 unspecified atom stereocenters. The van der Waals surface area contributed by atoms with E-state index >= 15 is 0 Å². The van der Waals surface area contributed by atoms with Gasteiger partial charge in [0.1, 0.15) is 0 Å². The average molecular weight is 321 g/mol. The molecule has 4 nitrogen and oxygen atoms in total. The van der Waals surface area contributed by atoms with E-state index in [0.717, 1.165) is 37.4 Å². The molecule has 0 spiro atoms. The van der Waals surface area contributed by atoms with Crippen LogP contribution in [0, 0.1) is 0 Å². The van der Waals surface area contributed by atoms with Gasteiger partial charge in [-0.05, 0) is 38.3 Å². The molecule has 122 valence electrons. The maximum atomic E-state index is 12.5. The summed E-state index contributed by atoms with van der Waals surface area (Å²) in [5.41, 5.74) is 1.26. The zero-order chi connectivity index (χ0) is 15.8. The molecule has 1 aromatic rings. The van der Waals surface area contributed by atoms with Gasteiger partial charge >= 0.3 is 6.03 Å². The minimum atomic E-state index is 0.0882. The Morgan fingerprint density at radius 2 is 2.14 bits per heavy atom. The summed E-state index contributed by atoms with van der Waals surface area (Å²) in [5.74, 6) is 2.18. The number of carbonyl (C=O) groups is 1. The van der Waals surface area contributed by atoms with E-state index in [1.807, 2.05) is 34.9 Å². The predicted octanol–water partition coefficient (Wildman–Crippen LogP) is 2.31. The van der Waals surface area contributed by atoms with Gasteiger partial charge in [0.2, 0.25) is 0 Å². The number of nitrogens with one attached hydrogen (secondary N) is 1. The normalized spacial score (nSPS) is 19.0. The van der Waals surface area contributed by atoms with Gasteiger partial charge in [-0.15, -0.1) is 0 Å². The lowest BCUT2D eigenvalue weighted by Crippen LogP contribution is -2.51. The Bertz CT molecular complexity index is 452. The molecule has 0 saturated carbocycles. The van der Waals surface area contributed by atoms with Crippen molar-refractivity contribution in [3.8, 4) is 0 Å². The molecule has 1 fully saturated rings. The molecule has 0 radical (unpaired) electrons. The highest BCUT2D eigenvalue weighted by Gasteiger charge is 2.25. The zero-order valence-corrected chi connectivity index (χ0v) is 14.4. The molecule has 1 atom stereocenters. The van der Waals surface area contributed by atoms with Crippen LogP contribution in [0.25, 0.3) is 0 Å². The second kappa shape index (κ2) is 9.06. The highest BCUT2D eigenvalue weighted by molar-refractivity contribution is 7.99. The van der Waals surface area contributed by atoms with Gasteiger partial charge in [0.25, 0.3) is 0 Å². The number of benzene rings is 1. The molecule has 1 N–H and O–H groups in total. The molecule has 0 bridgehead atoms. The third kappa shape index (κ3) is 5.54. The van der Waals surface area contributed by atoms with E-state index in [-0.39, 0.29) is 6.03 Å². The monoisotopic (exact) mass is 321 g/mol. The first-order valence-corrected chi connectivity index (χ1v) is 9.13. The third-order valence-electron chi connectivity index (χ3n) is 3.81. The van der Waals surface area contributed by atoms with Crippen molar-refractivity contribution in [3.63, 3.8) is 0 Å². The lowest BCUT2D eigenvalue weighted by molar-refractivity contribution is 0.168. The van der Waals surface area contributed by atoms with Crippen molar-refractivity contribution in [3.05, 3.63) is 35.9 Å². The number of nitrogens with zero attached hydrogens (tertiary/aromatic N) is 2.